The van der Waals surface area contributed by atoms with E-state index in [2.05, 4.69) is 61.3 Å². The summed E-state index contributed by atoms with van der Waals surface area (Å²) in [6.45, 7) is 11.7. The standard InChI is InChI=1S/C35H44ClN5O3Si/c1-35(2,3)45(5,6)44-27-17-30(34(43)40(4)26-14-12-23(13-15-26)22-10-11-22)41(20-27)32-19-31(37-21-38-32)39-33(42)29-18-28(29)24-8-7-9-25(36)16-24/h7-9,12-16,19,21-22,27-30H,10-11,17-18,20H2,1-6H3,(H,37,38,39,42)/t27?,28-,29+,30-/m1/s1. The van der Waals surface area contributed by atoms with Crippen molar-refractivity contribution in [2.24, 2.45) is 5.92 Å². The van der Waals surface area contributed by atoms with E-state index < -0.39 is 14.4 Å². The molecule has 0 radical (unpaired) electrons. The van der Waals surface area contributed by atoms with Crippen LogP contribution in [0.25, 0.3) is 0 Å². The van der Waals surface area contributed by atoms with Gasteiger partial charge in [0, 0.05) is 42.7 Å². The van der Waals surface area contributed by atoms with Gasteiger partial charge in [-0.2, -0.15) is 0 Å². The van der Waals surface area contributed by atoms with Crippen molar-refractivity contribution in [2.75, 3.05) is 28.7 Å². The third kappa shape index (κ3) is 6.95. The summed E-state index contributed by atoms with van der Waals surface area (Å²) in [5.74, 6) is 1.60. The maximum Gasteiger partial charge on any atom is 0.249 e. The smallest absolute Gasteiger partial charge is 0.249 e. The minimum absolute atomic E-state index is 0.0120. The van der Waals surface area contributed by atoms with Crippen molar-refractivity contribution in [1.82, 2.24) is 9.97 Å². The minimum Gasteiger partial charge on any atom is -0.412 e. The van der Waals surface area contributed by atoms with Gasteiger partial charge in [-0.1, -0.05) is 56.6 Å². The molecule has 1 N–H and O–H groups in total. The van der Waals surface area contributed by atoms with E-state index in [-0.39, 0.29) is 34.8 Å². The number of carbonyl (C=O) groups excluding carboxylic acids is 2. The van der Waals surface area contributed by atoms with Gasteiger partial charge < -0.3 is 19.5 Å². The Balaban J connectivity index is 1.20. The fraction of sp³-hybridized carbons (Fsp3) is 0.486. The van der Waals surface area contributed by atoms with Gasteiger partial charge in [0.1, 0.15) is 24.0 Å². The summed E-state index contributed by atoms with van der Waals surface area (Å²) in [5.41, 5.74) is 3.28. The third-order valence-corrected chi connectivity index (χ3v) is 14.8. The molecule has 2 saturated carbocycles. The van der Waals surface area contributed by atoms with E-state index in [1.54, 1.807) is 11.0 Å². The van der Waals surface area contributed by atoms with Gasteiger partial charge in [0.05, 0.1) is 6.10 Å². The number of nitrogens with one attached hydrogen (secondary N) is 1. The molecule has 2 amide bonds. The Morgan fingerprint density at radius 1 is 1.02 bits per heavy atom. The summed E-state index contributed by atoms with van der Waals surface area (Å²) < 4.78 is 6.83. The van der Waals surface area contributed by atoms with Crippen LogP contribution in [0.3, 0.4) is 0 Å². The highest BCUT2D eigenvalue weighted by molar-refractivity contribution is 6.74. The first-order chi connectivity index (χ1) is 21.3. The lowest BCUT2D eigenvalue weighted by molar-refractivity contribution is -0.119. The van der Waals surface area contributed by atoms with Gasteiger partial charge >= 0.3 is 0 Å². The second-order valence-electron chi connectivity index (χ2n) is 14.4. The number of carbonyl (C=O) groups is 2. The van der Waals surface area contributed by atoms with Crippen LogP contribution in [0.1, 0.15) is 69.4 Å². The second kappa shape index (κ2) is 12.2. The Labute approximate surface area is 272 Å². The van der Waals surface area contributed by atoms with Crippen LogP contribution >= 0.6 is 11.6 Å². The first kappa shape index (κ1) is 31.7. The molecular weight excluding hydrogens is 602 g/mol. The molecule has 4 atom stereocenters. The molecule has 1 aliphatic heterocycles. The maximum atomic E-state index is 14.1. The van der Waals surface area contributed by atoms with E-state index in [9.17, 15) is 9.59 Å². The van der Waals surface area contributed by atoms with E-state index in [1.807, 2.05) is 48.3 Å². The third-order valence-electron chi connectivity index (χ3n) is 10.1. The number of hydrogen-bond donors (Lipinski definition) is 1. The number of halogens is 1. The lowest BCUT2D eigenvalue weighted by Gasteiger charge is -2.38. The van der Waals surface area contributed by atoms with Crippen molar-refractivity contribution >= 4 is 49.1 Å². The lowest BCUT2D eigenvalue weighted by Crippen LogP contribution is -2.45. The normalized spacial score (nSPS) is 23.1. The lowest BCUT2D eigenvalue weighted by atomic mass is 10.1. The average Bonchev–Trinajstić information content (AvgIpc) is 3.93. The average molecular weight is 646 g/mol. The molecule has 0 bridgehead atoms. The summed E-state index contributed by atoms with van der Waals surface area (Å²) >= 11 is 6.17. The number of anilines is 3. The van der Waals surface area contributed by atoms with Crippen molar-refractivity contribution in [2.45, 2.75) is 88.6 Å². The number of hydrogen-bond acceptors (Lipinski definition) is 6. The Kier molecular flexibility index (Phi) is 8.56. The Morgan fingerprint density at radius 2 is 1.76 bits per heavy atom. The minimum atomic E-state index is -2.09. The Morgan fingerprint density at radius 3 is 2.42 bits per heavy atom. The highest BCUT2D eigenvalue weighted by Gasteiger charge is 2.46. The van der Waals surface area contributed by atoms with Crippen LogP contribution in [0.15, 0.2) is 60.9 Å². The summed E-state index contributed by atoms with van der Waals surface area (Å²) in [6.07, 6.45) is 5.15. The first-order valence-electron chi connectivity index (χ1n) is 16.0. The monoisotopic (exact) mass is 645 g/mol. The molecule has 2 aliphatic carbocycles. The van der Waals surface area contributed by atoms with Crippen molar-refractivity contribution in [3.63, 3.8) is 0 Å². The number of benzene rings is 2. The van der Waals surface area contributed by atoms with Crippen LogP contribution in [0.2, 0.25) is 23.2 Å². The van der Waals surface area contributed by atoms with Gasteiger partial charge in [-0.25, -0.2) is 9.97 Å². The highest BCUT2D eigenvalue weighted by Crippen LogP contribution is 2.48. The van der Waals surface area contributed by atoms with Gasteiger partial charge in [0.2, 0.25) is 11.8 Å². The number of aromatic nitrogens is 2. The fourth-order valence-corrected chi connectivity index (χ4v) is 7.64. The molecule has 238 valence electrons. The van der Waals surface area contributed by atoms with Crippen molar-refractivity contribution in [3.8, 4) is 0 Å². The summed E-state index contributed by atoms with van der Waals surface area (Å²) in [5, 5.41) is 3.71. The van der Waals surface area contributed by atoms with Crippen LogP contribution in [0, 0.1) is 5.92 Å². The molecule has 1 saturated heterocycles. The molecule has 3 aromatic rings. The predicted octanol–water partition coefficient (Wildman–Crippen LogP) is 7.38. The zero-order valence-electron chi connectivity index (χ0n) is 27.1. The fourth-order valence-electron chi connectivity index (χ4n) is 6.08. The molecule has 10 heteroatoms. The van der Waals surface area contributed by atoms with Crippen molar-refractivity contribution in [1.29, 1.82) is 0 Å². The molecule has 45 heavy (non-hydrogen) atoms. The molecule has 3 fully saturated rings. The number of nitrogens with zero attached hydrogens (tertiary/aromatic N) is 4. The molecule has 8 nitrogen and oxygen atoms in total. The highest BCUT2D eigenvalue weighted by atomic mass is 35.5. The zero-order chi connectivity index (χ0) is 32.1. The summed E-state index contributed by atoms with van der Waals surface area (Å²) in [6, 6.07) is 17.4. The van der Waals surface area contributed by atoms with Gasteiger partial charge in [-0.3, -0.25) is 9.59 Å². The molecule has 3 aliphatic rings. The molecule has 0 spiro atoms. The zero-order valence-corrected chi connectivity index (χ0v) is 28.8. The quantitative estimate of drug-likeness (QED) is 0.244. The van der Waals surface area contributed by atoms with Crippen LogP contribution in [0.5, 0.6) is 0 Å². The van der Waals surface area contributed by atoms with E-state index in [0.29, 0.717) is 35.5 Å². The van der Waals surface area contributed by atoms with E-state index >= 15 is 0 Å². The van der Waals surface area contributed by atoms with E-state index in [1.165, 1.54) is 24.7 Å². The van der Waals surface area contributed by atoms with Gasteiger partial charge in [-0.05, 0) is 84.6 Å². The number of rotatable bonds is 9. The van der Waals surface area contributed by atoms with E-state index in [4.69, 9.17) is 16.0 Å². The Hall–Kier alpha value is -3.27. The maximum absolute atomic E-state index is 14.1. The summed E-state index contributed by atoms with van der Waals surface area (Å²) in [4.78, 5) is 40.0. The number of likely N-dealkylation sites (N-methyl/N-ethyl adjacent to an activating group) is 1. The largest absolute Gasteiger partial charge is 0.412 e. The molecular formula is C35H44ClN5O3Si. The van der Waals surface area contributed by atoms with Crippen molar-refractivity contribution in [3.05, 3.63) is 77.1 Å². The van der Waals surface area contributed by atoms with Crippen LogP contribution < -0.4 is 15.1 Å². The van der Waals surface area contributed by atoms with Gasteiger partial charge in [-0.15, -0.1) is 0 Å². The van der Waals surface area contributed by atoms with E-state index in [0.717, 1.165) is 17.7 Å². The topological polar surface area (TPSA) is 87.7 Å². The first-order valence-corrected chi connectivity index (χ1v) is 19.3. The molecule has 1 unspecified atom stereocenters. The van der Waals surface area contributed by atoms with Gasteiger partial charge in [0.25, 0.3) is 0 Å². The van der Waals surface area contributed by atoms with Crippen LogP contribution in [-0.4, -0.2) is 55.8 Å². The molecule has 2 aromatic carbocycles. The van der Waals surface area contributed by atoms with Crippen molar-refractivity contribution < 1.29 is 14.0 Å². The second-order valence-corrected chi connectivity index (χ2v) is 19.6. The molecule has 1 aromatic heterocycles. The van der Waals surface area contributed by atoms with Crippen LogP contribution in [-0.2, 0) is 14.0 Å². The SMILES string of the molecule is CN(C(=O)[C@H]1CC(O[Si](C)(C)C(C)(C)C)CN1c1cc(NC(=O)[C@H]2C[C@@H]2c2cccc(Cl)c2)ncn1)c1ccc(C2CC2)cc1. The molecule has 2 heterocycles. The number of amides is 2. The summed E-state index contributed by atoms with van der Waals surface area (Å²) in [7, 11) is -0.254. The predicted molar refractivity (Wildman–Crippen MR) is 183 cm³/mol. The Bertz CT molecular complexity index is 1570. The molecule has 6 rings (SSSR count). The van der Waals surface area contributed by atoms with Crippen LogP contribution in [0.4, 0.5) is 17.3 Å². The van der Waals surface area contributed by atoms with Gasteiger partial charge in [0.15, 0.2) is 8.32 Å².